The van der Waals surface area contributed by atoms with Crippen LogP contribution in [0.1, 0.15) is 39.7 Å². The number of halogens is 1. The average molecular weight is 390 g/mol. The van der Waals surface area contributed by atoms with E-state index in [9.17, 15) is 10.1 Å². The highest BCUT2D eigenvalue weighted by Crippen LogP contribution is 2.39. The fourth-order valence-electron chi connectivity index (χ4n) is 2.87. The number of thiocarbonyl (C=S) groups is 1. The van der Waals surface area contributed by atoms with Crippen LogP contribution in [0.15, 0.2) is 24.3 Å². The molecule has 4 nitrogen and oxygen atoms in total. The van der Waals surface area contributed by atoms with Gasteiger partial charge in [-0.25, -0.2) is 0 Å². The Balaban J connectivity index is 1.72. The van der Waals surface area contributed by atoms with Gasteiger partial charge in [-0.15, -0.1) is 11.3 Å². The number of carbonyl (C=O) groups excluding carboxylic acids is 1. The Bertz CT molecular complexity index is 868. The second-order valence-corrected chi connectivity index (χ2v) is 8.03. The SMILES string of the molecule is C[C@H]1CCc2c(sc(NC(=S)NC(=O)c3ccc(Cl)cc3)c2C#N)C1. The van der Waals surface area contributed by atoms with E-state index < -0.39 is 0 Å². The topological polar surface area (TPSA) is 64.9 Å². The molecule has 1 aliphatic carbocycles. The van der Waals surface area contributed by atoms with Gasteiger partial charge in [0.15, 0.2) is 5.11 Å². The number of benzene rings is 1. The molecule has 128 valence electrons. The van der Waals surface area contributed by atoms with E-state index in [0.717, 1.165) is 24.8 Å². The van der Waals surface area contributed by atoms with Crippen molar-refractivity contribution in [1.82, 2.24) is 5.32 Å². The molecule has 1 aromatic heterocycles. The van der Waals surface area contributed by atoms with Crippen LogP contribution in [0.5, 0.6) is 0 Å². The first-order valence-electron chi connectivity index (χ1n) is 7.90. The van der Waals surface area contributed by atoms with Gasteiger partial charge in [0, 0.05) is 15.5 Å². The number of fused-ring (bicyclic) bond motifs is 1. The quantitative estimate of drug-likeness (QED) is 0.741. The molecule has 1 atom stereocenters. The monoisotopic (exact) mass is 389 g/mol. The molecule has 25 heavy (non-hydrogen) atoms. The van der Waals surface area contributed by atoms with Crippen LogP contribution >= 0.6 is 35.2 Å². The fourth-order valence-corrected chi connectivity index (χ4v) is 4.62. The normalized spacial score (nSPS) is 15.8. The highest BCUT2D eigenvalue weighted by Gasteiger charge is 2.24. The van der Waals surface area contributed by atoms with Crippen molar-refractivity contribution in [1.29, 1.82) is 5.26 Å². The average Bonchev–Trinajstić information content (AvgIpc) is 2.90. The van der Waals surface area contributed by atoms with Crippen LogP contribution in [0.4, 0.5) is 5.00 Å². The predicted octanol–water partition coefficient (Wildman–Crippen LogP) is 4.52. The van der Waals surface area contributed by atoms with E-state index in [1.165, 1.54) is 4.88 Å². The summed E-state index contributed by atoms with van der Waals surface area (Å²) in [5, 5.41) is 16.6. The number of hydrogen-bond donors (Lipinski definition) is 2. The van der Waals surface area contributed by atoms with E-state index in [0.29, 0.717) is 27.1 Å². The number of anilines is 1. The summed E-state index contributed by atoms with van der Waals surface area (Å²) in [5.74, 6) is 0.310. The first kappa shape index (κ1) is 17.9. The Morgan fingerprint density at radius 3 is 2.80 bits per heavy atom. The largest absolute Gasteiger partial charge is 0.323 e. The van der Waals surface area contributed by atoms with Gasteiger partial charge < -0.3 is 5.32 Å². The number of hydrogen-bond acceptors (Lipinski definition) is 4. The summed E-state index contributed by atoms with van der Waals surface area (Å²) in [4.78, 5) is 13.4. The molecule has 0 saturated carbocycles. The zero-order valence-corrected chi connectivity index (χ0v) is 15.9. The van der Waals surface area contributed by atoms with Crippen molar-refractivity contribution >= 4 is 51.2 Å². The van der Waals surface area contributed by atoms with E-state index in [2.05, 4.69) is 23.6 Å². The van der Waals surface area contributed by atoms with Crippen LogP contribution in [0.2, 0.25) is 5.02 Å². The molecule has 2 N–H and O–H groups in total. The van der Waals surface area contributed by atoms with Crippen LogP contribution in [-0.2, 0) is 12.8 Å². The summed E-state index contributed by atoms with van der Waals surface area (Å²) >= 11 is 12.6. The lowest BCUT2D eigenvalue weighted by atomic mass is 9.89. The van der Waals surface area contributed by atoms with Crippen LogP contribution in [0.3, 0.4) is 0 Å². The zero-order chi connectivity index (χ0) is 18.0. The molecule has 1 amide bonds. The summed E-state index contributed by atoms with van der Waals surface area (Å²) in [6.45, 7) is 2.22. The van der Waals surface area contributed by atoms with Gasteiger partial charge in [0.05, 0.1) is 5.56 Å². The molecule has 2 aromatic rings. The standard InChI is InChI=1S/C18H16ClN3OS2/c1-10-2-7-13-14(9-20)17(25-15(13)8-10)22-18(24)21-16(23)11-3-5-12(19)6-4-11/h3-6,10H,2,7-8H2,1H3,(H2,21,22,23,24)/t10-/m0/s1. The van der Waals surface area contributed by atoms with Crippen molar-refractivity contribution < 1.29 is 4.79 Å². The van der Waals surface area contributed by atoms with Crippen LogP contribution in [0.25, 0.3) is 0 Å². The summed E-state index contributed by atoms with van der Waals surface area (Å²) < 4.78 is 0. The second kappa shape index (κ2) is 7.52. The van der Waals surface area contributed by atoms with E-state index in [1.54, 1.807) is 35.6 Å². The van der Waals surface area contributed by atoms with Gasteiger partial charge in [-0.3, -0.25) is 10.1 Å². The number of amides is 1. The Hall–Kier alpha value is -1.94. The van der Waals surface area contributed by atoms with Gasteiger partial charge in [0.1, 0.15) is 11.1 Å². The van der Waals surface area contributed by atoms with Gasteiger partial charge in [-0.2, -0.15) is 5.26 Å². The smallest absolute Gasteiger partial charge is 0.257 e. The van der Waals surface area contributed by atoms with Gasteiger partial charge in [0.25, 0.3) is 5.91 Å². The number of nitriles is 1. The number of carbonyl (C=O) groups is 1. The molecule has 0 aliphatic heterocycles. The Morgan fingerprint density at radius 1 is 1.40 bits per heavy atom. The van der Waals surface area contributed by atoms with Crippen molar-refractivity contribution in [2.75, 3.05) is 5.32 Å². The molecule has 0 spiro atoms. The first-order chi connectivity index (χ1) is 12.0. The van der Waals surface area contributed by atoms with Crippen molar-refractivity contribution in [2.24, 2.45) is 5.92 Å². The van der Waals surface area contributed by atoms with Gasteiger partial charge in [-0.1, -0.05) is 18.5 Å². The third-order valence-corrected chi connectivity index (χ3v) is 5.81. The van der Waals surface area contributed by atoms with Gasteiger partial charge >= 0.3 is 0 Å². The maximum atomic E-state index is 12.2. The zero-order valence-electron chi connectivity index (χ0n) is 13.6. The molecular weight excluding hydrogens is 374 g/mol. The Labute approximate surface area is 160 Å². The summed E-state index contributed by atoms with van der Waals surface area (Å²) in [5.41, 5.74) is 2.24. The molecule has 0 unspecified atom stereocenters. The first-order valence-corrected chi connectivity index (χ1v) is 9.50. The minimum Gasteiger partial charge on any atom is -0.323 e. The maximum Gasteiger partial charge on any atom is 0.257 e. The van der Waals surface area contributed by atoms with Crippen molar-refractivity contribution in [3.05, 3.63) is 50.9 Å². The summed E-state index contributed by atoms with van der Waals surface area (Å²) in [6.07, 6.45) is 3.00. The number of rotatable bonds is 2. The molecule has 0 saturated heterocycles. The van der Waals surface area contributed by atoms with Gasteiger partial charge in [0.2, 0.25) is 0 Å². The van der Waals surface area contributed by atoms with Gasteiger partial charge in [-0.05, 0) is 67.2 Å². The third-order valence-electron chi connectivity index (χ3n) is 4.18. The lowest BCUT2D eigenvalue weighted by Crippen LogP contribution is -2.34. The van der Waals surface area contributed by atoms with Crippen molar-refractivity contribution in [2.45, 2.75) is 26.2 Å². The van der Waals surface area contributed by atoms with E-state index in [-0.39, 0.29) is 11.0 Å². The molecule has 7 heteroatoms. The van der Waals surface area contributed by atoms with E-state index in [1.807, 2.05) is 0 Å². The summed E-state index contributed by atoms with van der Waals surface area (Å²) in [6, 6.07) is 8.83. The lowest BCUT2D eigenvalue weighted by molar-refractivity contribution is 0.0978. The van der Waals surface area contributed by atoms with Crippen molar-refractivity contribution in [3.8, 4) is 6.07 Å². The van der Waals surface area contributed by atoms with Crippen LogP contribution in [0, 0.1) is 17.2 Å². The Morgan fingerprint density at radius 2 is 2.12 bits per heavy atom. The molecule has 3 rings (SSSR count). The molecular formula is C18H16ClN3OS2. The molecule has 0 radical (unpaired) electrons. The Kier molecular flexibility index (Phi) is 5.38. The molecule has 1 aromatic carbocycles. The molecule has 1 aliphatic rings. The number of nitrogens with one attached hydrogen (secondary N) is 2. The van der Waals surface area contributed by atoms with Crippen LogP contribution < -0.4 is 10.6 Å². The fraction of sp³-hybridized carbons (Fsp3) is 0.278. The second-order valence-electron chi connectivity index (χ2n) is 6.08. The van der Waals surface area contributed by atoms with E-state index >= 15 is 0 Å². The maximum absolute atomic E-state index is 12.2. The lowest BCUT2D eigenvalue weighted by Gasteiger charge is -2.17. The highest BCUT2D eigenvalue weighted by molar-refractivity contribution is 7.80. The minimum atomic E-state index is -0.317. The highest BCUT2D eigenvalue weighted by atomic mass is 35.5. The third kappa shape index (κ3) is 4.01. The van der Waals surface area contributed by atoms with E-state index in [4.69, 9.17) is 23.8 Å². The predicted molar refractivity (Wildman–Crippen MR) is 105 cm³/mol. The number of thiophene rings is 1. The van der Waals surface area contributed by atoms with Crippen molar-refractivity contribution in [3.63, 3.8) is 0 Å². The minimum absolute atomic E-state index is 0.183. The molecule has 0 fully saturated rings. The summed E-state index contributed by atoms with van der Waals surface area (Å²) in [7, 11) is 0. The molecule has 1 heterocycles. The molecule has 0 bridgehead atoms. The van der Waals surface area contributed by atoms with Crippen LogP contribution in [-0.4, -0.2) is 11.0 Å². The number of nitrogens with zero attached hydrogens (tertiary/aromatic N) is 1.